The maximum Gasteiger partial charge on any atom is 0.235 e. The van der Waals surface area contributed by atoms with Gasteiger partial charge in [0.1, 0.15) is 0 Å². The zero-order chi connectivity index (χ0) is 12.1. The molecule has 0 amide bonds. The zero-order valence-corrected chi connectivity index (χ0v) is 10.7. The van der Waals surface area contributed by atoms with Crippen LogP contribution < -0.4 is 4.74 Å². The Kier molecular flexibility index (Phi) is 4.53. The Morgan fingerprint density at radius 2 is 2.31 bits per heavy atom. The van der Waals surface area contributed by atoms with Crippen molar-refractivity contribution in [3.8, 4) is 11.5 Å². The summed E-state index contributed by atoms with van der Waals surface area (Å²) in [5, 5.41) is 19.8. The van der Waals surface area contributed by atoms with Gasteiger partial charge in [-0.15, -0.1) is 0 Å². The van der Waals surface area contributed by atoms with Gasteiger partial charge in [-0.1, -0.05) is 0 Å². The minimum Gasteiger partial charge on any atom is -0.504 e. The first kappa shape index (κ1) is 12.8. The lowest BCUT2D eigenvalue weighted by atomic mass is 10.2. The molecule has 0 bridgehead atoms. The number of benzene rings is 1. The Morgan fingerprint density at radius 1 is 1.62 bits per heavy atom. The zero-order valence-electron chi connectivity index (χ0n) is 8.51. The molecule has 0 saturated heterocycles. The summed E-state index contributed by atoms with van der Waals surface area (Å²) in [4.78, 5) is 9.63. The predicted octanol–water partition coefficient (Wildman–Crippen LogP) is 2.64. The summed E-state index contributed by atoms with van der Waals surface area (Å²) in [6, 6.07) is 3.19. The molecule has 0 unspecified atom stereocenters. The first-order valence-electron chi connectivity index (χ1n) is 4.51. The average Bonchev–Trinajstić information content (AvgIpc) is 2.22. The monoisotopic (exact) mass is 335 g/mol. The fraction of sp³-hybridized carbons (Fsp3) is 0.200. The Morgan fingerprint density at radius 3 is 2.88 bits per heavy atom. The van der Waals surface area contributed by atoms with Crippen LogP contribution in [0.15, 0.2) is 18.3 Å². The molecule has 0 aliphatic rings. The van der Waals surface area contributed by atoms with Crippen molar-refractivity contribution in [2.24, 2.45) is 0 Å². The van der Waals surface area contributed by atoms with Gasteiger partial charge in [0.25, 0.3) is 0 Å². The van der Waals surface area contributed by atoms with E-state index < -0.39 is 4.92 Å². The Bertz CT molecular complexity index is 431. The molecule has 1 rings (SSSR count). The van der Waals surface area contributed by atoms with Crippen molar-refractivity contribution in [3.63, 3.8) is 0 Å². The van der Waals surface area contributed by atoms with Crippen LogP contribution in [0.4, 0.5) is 0 Å². The molecule has 0 aliphatic heterocycles. The van der Waals surface area contributed by atoms with E-state index in [1.807, 2.05) is 22.6 Å². The van der Waals surface area contributed by atoms with Crippen molar-refractivity contribution in [2.75, 3.05) is 6.61 Å². The average molecular weight is 335 g/mol. The lowest BCUT2D eigenvalue weighted by molar-refractivity contribution is -0.400. The van der Waals surface area contributed by atoms with Crippen LogP contribution >= 0.6 is 22.6 Å². The Labute approximate surface area is 106 Å². The SMILES string of the molecule is CCOc1cc(C=C[N+](=O)[O-])cc(I)c1O. The topological polar surface area (TPSA) is 72.6 Å². The van der Waals surface area contributed by atoms with Gasteiger partial charge in [-0.25, -0.2) is 0 Å². The number of nitrogens with zero attached hydrogens (tertiary/aromatic N) is 1. The summed E-state index contributed by atoms with van der Waals surface area (Å²) in [5.41, 5.74) is 0.613. The molecule has 5 nitrogen and oxygen atoms in total. The third-order valence-corrected chi connectivity index (χ3v) is 2.56. The van der Waals surface area contributed by atoms with Crippen LogP contribution in [0, 0.1) is 13.7 Å². The first-order valence-corrected chi connectivity index (χ1v) is 5.59. The van der Waals surface area contributed by atoms with E-state index in [2.05, 4.69) is 0 Å². The Balaban J connectivity index is 3.08. The molecule has 0 fully saturated rings. The van der Waals surface area contributed by atoms with Crippen molar-refractivity contribution in [1.82, 2.24) is 0 Å². The predicted molar refractivity (Wildman–Crippen MR) is 68.0 cm³/mol. The standard InChI is InChI=1S/C10H10INO4/c1-2-16-9-6-7(3-4-12(14)15)5-8(11)10(9)13/h3-6,13H,2H2,1H3. The Hall–Kier alpha value is -1.31. The highest BCUT2D eigenvalue weighted by molar-refractivity contribution is 14.1. The third kappa shape index (κ3) is 3.37. The van der Waals surface area contributed by atoms with E-state index in [1.54, 1.807) is 19.1 Å². The number of rotatable bonds is 4. The molecular formula is C10H10INO4. The van der Waals surface area contributed by atoms with Crippen molar-refractivity contribution in [2.45, 2.75) is 6.92 Å². The molecule has 1 aromatic carbocycles. The molecule has 1 N–H and O–H groups in total. The van der Waals surface area contributed by atoms with Crippen LogP contribution in [-0.4, -0.2) is 16.6 Å². The quantitative estimate of drug-likeness (QED) is 0.522. The smallest absolute Gasteiger partial charge is 0.235 e. The van der Waals surface area contributed by atoms with Crippen LogP contribution in [0.2, 0.25) is 0 Å². The maximum atomic E-state index is 10.2. The molecule has 16 heavy (non-hydrogen) atoms. The van der Waals surface area contributed by atoms with E-state index >= 15 is 0 Å². The largest absolute Gasteiger partial charge is 0.504 e. The normalized spacial score (nSPS) is 10.6. The van der Waals surface area contributed by atoms with Gasteiger partial charge in [-0.05, 0) is 47.2 Å². The van der Waals surface area contributed by atoms with Gasteiger partial charge in [-0.2, -0.15) is 0 Å². The molecule has 0 aliphatic carbocycles. The lowest BCUT2D eigenvalue weighted by Gasteiger charge is -2.08. The van der Waals surface area contributed by atoms with E-state index in [9.17, 15) is 15.2 Å². The van der Waals surface area contributed by atoms with E-state index in [1.165, 1.54) is 6.08 Å². The molecular weight excluding hydrogens is 325 g/mol. The van der Waals surface area contributed by atoms with E-state index in [4.69, 9.17) is 4.74 Å². The van der Waals surface area contributed by atoms with Crippen LogP contribution in [0.5, 0.6) is 11.5 Å². The third-order valence-electron chi connectivity index (χ3n) is 1.74. The summed E-state index contributed by atoms with van der Waals surface area (Å²) < 4.78 is 5.80. The second-order valence-corrected chi connectivity index (χ2v) is 4.05. The minimum absolute atomic E-state index is 0.0562. The number of phenolic OH excluding ortho intramolecular Hbond substituents is 1. The number of halogens is 1. The summed E-state index contributed by atoms with van der Waals surface area (Å²) in [6.45, 7) is 2.22. The highest BCUT2D eigenvalue weighted by Crippen LogP contribution is 2.33. The van der Waals surface area contributed by atoms with E-state index in [0.29, 0.717) is 21.5 Å². The van der Waals surface area contributed by atoms with Gasteiger partial charge in [0, 0.05) is 6.08 Å². The van der Waals surface area contributed by atoms with Crippen LogP contribution in [-0.2, 0) is 0 Å². The molecule has 0 aromatic heterocycles. The number of nitro groups is 1. The number of ether oxygens (including phenoxy) is 1. The molecule has 0 radical (unpaired) electrons. The summed E-state index contributed by atoms with van der Waals surface area (Å²) in [7, 11) is 0. The molecule has 6 heteroatoms. The van der Waals surface area contributed by atoms with Crippen LogP contribution in [0.3, 0.4) is 0 Å². The van der Waals surface area contributed by atoms with Gasteiger partial charge in [0.05, 0.1) is 15.1 Å². The number of hydrogen-bond donors (Lipinski definition) is 1. The molecule has 86 valence electrons. The van der Waals surface area contributed by atoms with Crippen LogP contribution in [0.1, 0.15) is 12.5 Å². The van der Waals surface area contributed by atoms with Gasteiger partial charge < -0.3 is 9.84 Å². The summed E-state index contributed by atoms with van der Waals surface area (Å²) in [6.07, 6.45) is 2.20. The van der Waals surface area contributed by atoms with Crippen molar-refractivity contribution in [3.05, 3.63) is 37.6 Å². The van der Waals surface area contributed by atoms with Crippen molar-refractivity contribution in [1.29, 1.82) is 0 Å². The summed E-state index contributed by atoms with van der Waals surface area (Å²) >= 11 is 1.94. The highest BCUT2D eigenvalue weighted by atomic mass is 127. The second kappa shape index (κ2) is 5.69. The lowest BCUT2D eigenvalue weighted by Crippen LogP contribution is -1.94. The maximum absolute atomic E-state index is 10.2. The van der Waals surface area contributed by atoms with Crippen molar-refractivity contribution < 1.29 is 14.8 Å². The molecule has 0 atom stereocenters. The molecule has 0 spiro atoms. The molecule has 0 saturated carbocycles. The van der Waals surface area contributed by atoms with Crippen molar-refractivity contribution >= 4 is 28.7 Å². The second-order valence-electron chi connectivity index (χ2n) is 2.88. The molecule has 0 heterocycles. The van der Waals surface area contributed by atoms with E-state index in [-0.39, 0.29) is 5.75 Å². The van der Waals surface area contributed by atoms with Gasteiger partial charge in [-0.3, -0.25) is 10.1 Å². The number of aromatic hydroxyl groups is 1. The summed E-state index contributed by atoms with van der Waals surface area (Å²) in [5.74, 6) is 0.387. The van der Waals surface area contributed by atoms with Crippen LogP contribution in [0.25, 0.3) is 6.08 Å². The van der Waals surface area contributed by atoms with E-state index in [0.717, 1.165) is 6.20 Å². The van der Waals surface area contributed by atoms with Gasteiger partial charge >= 0.3 is 0 Å². The van der Waals surface area contributed by atoms with Gasteiger partial charge in [0.2, 0.25) is 6.20 Å². The number of hydrogen-bond acceptors (Lipinski definition) is 4. The highest BCUT2D eigenvalue weighted by Gasteiger charge is 2.08. The van der Waals surface area contributed by atoms with Gasteiger partial charge in [0.15, 0.2) is 11.5 Å². The fourth-order valence-corrected chi connectivity index (χ4v) is 1.73. The number of phenols is 1. The fourth-order valence-electron chi connectivity index (χ4n) is 1.10. The molecule has 1 aromatic rings. The first-order chi connectivity index (χ1) is 7.54. The minimum atomic E-state index is -0.542.